The highest BCUT2D eigenvalue weighted by molar-refractivity contribution is 7.88. The summed E-state index contributed by atoms with van der Waals surface area (Å²) in [5.41, 5.74) is 0.275. The topological polar surface area (TPSA) is 55.4 Å². The van der Waals surface area contributed by atoms with Crippen molar-refractivity contribution in [1.29, 1.82) is 0 Å². The number of benzene rings is 2. The van der Waals surface area contributed by atoms with Gasteiger partial charge in [0.25, 0.3) is 0 Å². The molecule has 0 fully saturated rings. The summed E-state index contributed by atoms with van der Waals surface area (Å²) in [4.78, 5) is 0. The van der Waals surface area contributed by atoms with Gasteiger partial charge in [-0.2, -0.15) is 0 Å². The Bertz CT molecular complexity index is 759. The predicted octanol–water partition coefficient (Wildman–Crippen LogP) is 3.20. The molecule has 0 bridgehead atoms. The van der Waals surface area contributed by atoms with E-state index < -0.39 is 27.2 Å². The maximum Gasteiger partial charge on any atom is 0.215 e. The molecule has 0 aromatic heterocycles. The highest BCUT2D eigenvalue weighted by Gasteiger charge is 2.31. The van der Waals surface area contributed by atoms with Crippen LogP contribution in [0.4, 0.5) is 4.39 Å². The van der Waals surface area contributed by atoms with E-state index >= 15 is 0 Å². The zero-order valence-corrected chi connectivity index (χ0v) is 14.6. The van der Waals surface area contributed by atoms with Gasteiger partial charge in [-0.15, -0.1) is 0 Å². The van der Waals surface area contributed by atoms with Crippen LogP contribution in [0, 0.1) is 5.82 Å². The molecule has 0 saturated carbocycles. The number of hydrogen-bond donors (Lipinski definition) is 1. The lowest BCUT2D eigenvalue weighted by Crippen LogP contribution is -2.42. The van der Waals surface area contributed by atoms with E-state index in [-0.39, 0.29) is 12.1 Å². The minimum atomic E-state index is -3.69. The number of rotatable bonds is 8. The molecule has 24 heavy (non-hydrogen) atoms. The second-order valence-corrected chi connectivity index (χ2v) is 7.40. The Morgan fingerprint density at radius 1 is 1.08 bits per heavy atom. The van der Waals surface area contributed by atoms with Crippen LogP contribution in [0.1, 0.15) is 24.5 Å². The van der Waals surface area contributed by atoms with Crippen molar-refractivity contribution in [3.05, 3.63) is 71.5 Å². The summed E-state index contributed by atoms with van der Waals surface area (Å²) in [5, 5.41) is 0. The van der Waals surface area contributed by atoms with Crippen molar-refractivity contribution < 1.29 is 17.5 Å². The van der Waals surface area contributed by atoms with Crippen molar-refractivity contribution in [1.82, 2.24) is 4.72 Å². The van der Waals surface area contributed by atoms with E-state index in [1.807, 2.05) is 37.3 Å². The summed E-state index contributed by atoms with van der Waals surface area (Å²) >= 11 is 0. The molecule has 0 spiro atoms. The molecule has 4 nitrogen and oxygen atoms in total. The zero-order valence-electron chi connectivity index (χ0n) is 13.8. The largest absolute Gasteiger partial charge is 0.372 e. The normalized spacial score (nSPS) is 14.3. The van der Waals surface area contributed by atoms with Crippen molar-refractivity contribution >= 4 is 10.0 Å². The van der Waals surface area contributed by atoms with Crippen molar-refractivity contribution in [2.75, 3.05) is 13.7 Å². The van der Waals surface area contributed by atoms with E-state index in [1.165, 1.54) is 18.2 Å². The second kappa shape index (κ2) is 7.88. The number of nitrogens with one attached hydrogen (secondary N) is 1. The molecule has 2 rings (SSSR count). The molecule has 0 heterocycles. The lowest BCUT2D eigenvalue weighted by Gasteiger charge is -2.32. The first-order valence-electron chi connectivity index (χ1n) is 7.74. The molecule has 2 aromatic carbocycles. The van der Waals surface area contributed by atoms with Crippen LogP contribution in [-0.2, 0) is 26.1 Å². The summed E-state index contributed by atoms with van der Waals surface area (Å²) in [7, 11) is -2.13. The summed E-state index contributed by atoms with van der Waals surface area (Å²) in [6, 6.07) is 15.3. The fourth-order valence-corrected chi connectivity index (χ4v) is 3.80. The van der Waals surface area contributed by atoms with E-state index in [2.05, 4.69) is 4.72 Å². The Morgan fingerprint density at radius 2 is 1.71 bits per heavy atom. The third kappa shape index (κ3) is 4.41. The number of sulfonamides is 1. The van der Waals surface area contributed by atoms with Crippen molar-refractivity contribution in [3.63, 3.8) is 0 Å². The Kier molecular flexibility index (Phi) is 6.10. The SMILES string of the molecule is CCC(CNS(=O)(=O)Cc1ccccc1F)(OC)c1ccccc1. The van der Waals surface area contributed by atoms with Crippen LogP contribution in [0.2, 0.25) is 0 Å². The molecule has 1 atom stereocenters. The standard InChI is InChI=1S/C18H22FNO3S/c1-3-18(23-2,16-10-5-4-6-11-16)14-20-24(21,22)13-15-9-7-8-12-17(15)19/h4-12,20H,3,13-14H2,1-2H3. The first kappa shape index (κ1) is 18.6. The van der Waals surface area contributed by atoms with Gasteiger partial charge in [-0.3, -0.25) is 0 Å². The molecular formula is C18H22FNO3S. The van der Waals surface area contributed by atoms with Crippen LogP contribution in [0.3, 0.4) is 0 Å². The monoisotopic (exact) mass is 351 g/mol. The van der Waals surface area contributed by atoms with Gasteiger partial charge in [-0.1, -0.05) is 55.5 Å². The molecule has 0 saturated heterocycles. The molecule has 0 aliphatic rings. The summed E-state index contributed by atoms with van der Waals surface area (Å²) in [6.45, 7) is 2.02. The van der Waals surface area contributed by atoms with E-state index in [1.54, 1.807) is 13.2 Å². The molecule has 1 unspecified atom stereocenters. The van der Waals surface area contributed by atoms with Crippen LogP contribution in [-0.4, -0.2) is 22.1 Å². The number of methoxy groups -OCH3 is 1. The predicted molar refractivity (Wildman–Crippen MR) is 92.4 cm³/mol. The fourth-order valence-electron chi connectivity index (χ4n) is 2.61. The Balaban J connectivity index is 2.15. The molecule has 2 aromatic rings. The van der Waals surface area contributed by atoms with Gasteiger partial charge in [0.2, 0.25) is 10.0 Å². The van der Waals surface area contributed by atoms with Gasteiger partial charge in [0, 0.05) is 19.2 Å². The van der Waals surface area contributed by atoms with Gasteiger partial charge in [0.05, 0.1) is 5.75 Å². The first-order valence-corrected chi connectivity index (χ1v) is 9.39. The van der Waals surface area contributed by atoms with Crippen molar-refractivity contribution in [3.8, 4) is 0 Å². The third-order valence-corrected chi connectivity index (χ3v) is 5.42. The maximum atomic E-state index is 13.7. The summed E-state index contributed by atoms with van der Waals surface area (Å²) in [6.07, 6.45) is 0.593. The Labute approximate surface area is 142 Å². The van der Waals surface area contributed by atoms with Crippen LogP contribution in [0.25, 0.3) is 0 Å². The number of halogens is 1. The Morgan fingerprint density at radius 3 is 2.29 bits per heavy atom. The summed E-state index contributed by atoms with van der Waals surface area (Å²) < 4.78 is 46.5. The van der Waals surface area contributed by atoms with E-state index in [0.29, 0.717) is 6.42 Å². The van der Waals surface area contributed by atoms with Gasteiger partial charge in [-0.25, -0.2) is 17.5 Å². The van der Waals surface area contributed by atoms with Gasteiger partial charge in [0.1, 0.15) is 11.4 Å². The van der Waals surface area contributed by atoms with Crippen LogP contribution in [0.15, 0.2) is 54.6 Å². The average Bonchev–Trinajstić information content (AvgIpc) is 2.59. The second-order valence-electron chi connectivity index (χ2n) is 5.59. The average molecular weight is 351 g/mol. The fraction of sp³-hybridized carbons (Fsp3) is 0.333. The molecule has 0 aliphatic carbocycles. The quantitative estimate of drug-likeness (QED) is 0.795. The molecule has 6 heteroatoms. The van der Waals surface area contributed by atoms with Gasteiger partial charge in [-0.05, 0) is 18.1 Å². The molecule has 0 amide bonds. The van der Waals surface area contributed by atoms with Gasteiger partial charge >= 0.3 is 0 Å². The lowest BCUT2D eigenvalue weighted by molar-refractivity contribution is -0.0133. The van der Waals surface area contributed by atoms with E-state index in [0.717, 1.165) is 5.56 Å². The van der Waals surface area contributed by atoms with Crippen LogP contribution in [0.5, 0.6) is 0 Å². The van der Waals surface area contributed by atoms with Crippen LogP contribution >= 0.6 is 0 Å². The molecule has 1 N–H and O–H groups in total. The lowest BCUT2D eigenvalue weighted by atomic mass is 9.91. The van der Waals surface area contributed by atoms with Gasteiger partial charge < -0.3 is 4.74 Å². The number of ether oxygens (including phenoxy) is 1. The first-order chi connectivity index (χ1) is 11.4. The molecule has 130 valence electrons. The highest BCUT2D eigenvalue weighted by Crippen LogP contribution is 2.28. The van der Waals surface area contributed by atoms with E-state index in [4.69, 9.17) is 4.74 Å². The maximum absolute atomic E-state index is 13.7. The van der Waals surface area contributed by atoms with Crippen molar-refractivity contribution in [2.45, 2.75) is 24.7 Å². The minimum absolute atomic E-state index is 0.0841. The molecule has 0 aliphatic heterocycles. The van der Waals surface area contributed by atoms with Crippen LogP contribution < -0.4 is 4.72 Å². The Hall–Kier alpha value is -1.76. The molecule has 0 radical (unpaired) electrons. The minimum Gasteiger partial charge on any atom is -0.372 e. The molecular weight excluding hydrogens is 329 g/mol. The van der Waals surface area contributed by atoms with Crippen molar-refractivity contribution in [2.24, 2.45) is 0 Å². The highest BCUT2D eigenvalue weighted by atomic mass is 32.2. The zero-order chi connectivity index (χ0) is 17.6. The third-order valence-electron chi connectivity index (χ3n) is 4.14. The van der Waals surface area contributed by atoms with Gasteiger partial charge in [0.15, 0.2) is 0 Å². The summed E-state index contributed by atoms with van der Waals surface area (Å²) in [5.74, 6) is -0.933. The number of hydrogen-bond acceptors (Lipinski definition) is 3. The van der Waals surface area contributed by atoms with E-state index in [9.17, 15) is 12.8 Å². The smallest absolute Gasteiger partial charge is 0.215 e.